The lowest BCUT2D eigenvalue weighted by Gasteiger charge is -2.26. The Morgan fingerprint density at radius 3 is 2.89 bits per heavy atom. The molecule has 1 aliphatic rings. The molecular formula is C15H25N3. The fourth-order valence-corrected chi connectivity index (χ4v) is 2.68. The summed E-state index contributed by atoms with van der Waals surface area (Å²) in [4.78, 5) is 6.86. The molecule has 100 valence electrons. The van der Waals surface area contributed by atoms with Crippen LogP contribution in [0.5, 0.6) is 0 Å². The van der Waals surface area contributed by atoms with E-state index in [0.717, 1.165) is 24.8 Å². The zero-order valence-corrected chi connectivity index (χ0v) is 11.7. The molecule has 1 fully saturated rings. The summed E-state index contributed by atoms with van der Waals surface area (Å²) in [5.74, 6) is 0. The minimum Gasteiger partial charge on any atom is -0.372 e. The first kappa shape index (κ1) is 13.3. The van der Waals surface area contributed by atoms with Crippen molar-refractivity contribution >= 4 is 5.69 Å². The van der Waals surface area contributed by atoms with E-state index in [1.807, 2.05) is 6.20 Å². The summed E-state index contributed by atoms with van der Waals surface area (Å²) in [5, 5.41) is 3.41. The summed E-state index contributed by atoms with van der Waals surface area (Å²) in [7, 11) is 2.22. The lowest BCUT2D eigenvalue weighted by atomic mass is 10.2. The van der Waals surface area contributed by atoms with Crippen LogP contribution in [0.2, 0.25) is 0 Å². The first-order valence-electron chi connectivity index (χ1n) is 7.19. The zero-order valence-electron chi connectivity index (χ0n) is 11.7. The van der Waals surface area contributed by atoms with Crippen LogP contribution in [0.4, 0.5) is 5.69 Å². The highest BCUT2D eigenvalue weighted by Gasteiger charge is 2.19. The quantitative estimate of drug-likeness (QED) is 0.783. The summed E-state index contributed by atoms with van der Waals surface area (Å²) in [6.07, 6.45) is 8.53. The third kappa shape index (κ3) is 3.45. The maximum atomic E-state index is 4.43. The maximum Gasteiger partial charge on any atom is 0.0562 e. The van der Waals surface area contributed by atoms with Gasteiger partial charge in [0.1, 0.15) is 0 Å². The summed E-state index contributed by atoms with van der Waals surface area (Å²) < 4.78 is 0. The Bertz CT molecular complexity index is 359. The monoisotopic (exact) mass is 247 g/mol. The van der Waals surface area contributed by atoms with E-state index in [9.17, 15) is 0 Å². The van der Waals surface area contributed by atoms with Crippen LogP contribution in [0.3, 0.4) is 0 Å². The molecule has 2 rings (SSSR count). The number of nitrogens with one attached hydrogen (secondary N) is 1. The van der Waals surface area contributed by atoms with Gasteiger partial charge in [-0.25, -0.2) is 0 Å². The third-order valence-corrected chi connectivity index (χ3v) is 3.81. The number of aromatic nitrogens is 1. The molecule has 0 radical (unpaired) electrons. The Kier molecular flexibility index (Phi) is 5.00. The summed E-state index contributed by atoms with van der Waals surface area (Å²) in [6.45, 7) is 4.12. The van der Waals surface area contributed by atoms with Gasteiger partial charge in [0.2, 0.25) is 0 Å². The topological polar surface area (TPSA) is 28.2 Å². The largest absolute Gasteiger partial charge is 0.372 e. The second-order valence-electron chi connectivity index (χ2n) is 5.23. The molecule has 0 aliphatic heterocycles. The second-order valence-corrected chi connectivity index (χ2v) is 5.23. The predicted octanol–water partition coefficient (Wildman–Crippen LogP) is 2.96. The van der Waals surface area contributed by atoms with Crippen molar-refractivity contribution in [1.29, 1.82) is 0 Å². The fourth-order valence-electron chi connectivity index (χ4n) is 2.68. The Hall–Kier alpha value is -1.09. The number of hydrogen-bond donors (Lipinski definition) is 1. The van der Waals surface area contributed by atoms with Gasteiger partial charge < -0.3 is 10.2 Å². The van der Waals surface area contributed by atoms with E-state index in [2.05, 4.69) is 41.3 Å². The molecule has 1 aliphatic carbocycles. The standard InChI is InChI=1S/C15H25N3/c1-3-9-16-12-13-11-15(8-10-17-13)18(2)14-6-4-5-7-14/h8,10-11,14,16H,3-7,9,12H2,1-2H3. The van der Waals surface area contributed by atoms with Crippen molar-refractivity contribution in [2.24, 2.45) is 0 Å². The molecule has 0 spiro atoms. The molecule has 0 saturated heterocycles. The van der Waals surface area contributed by atoms with Crippen molar-refractivity contribution in [2.75, 3.05) is 18.5 Å². The Morgan fingerprint density at radius 2 is 2.17 bits per heavy atom. The van der Waals surface area contributed by atoms with Crippen LogP contribution in [0.1, 0.15) is 44.7 Å². The molecule has 1 heterocycles. The molecule has 1 N–H and O–H groups in total. The molecule has 1 aromatic rings. The summed E-state index contributed by atoms with van der Waals surface area (Å²) in [6, 6.07) is 5.08. The van der Waals surface area contributed by atoms with Gasteiger partial charge in [-0.2, -0.15) is 0 Å². The van der Waals surface area contributed by atoms with Gasteiger partial charge in [0.05, 0.1) is 5.69 Å². The minimum atomic E-state index is 0.726. The minimum absolute atomic E-state index is 0.726. The third-order valence-electron chi connectivity index (χ3n) is 3.81. The second kappa shape index (κ2) is 6.74. The summed E-state index contributed by atoms with van der Waals surface area (Å²) >= 11 is 0. The van der Waals surface area contributed by atoms with Gasteiger partial charge in [0.15, 0.2) is 0 Å². The van der Waals surface area contributed by atoms with Crippen LogP contribution < -0.4 is 10.2 Å². The summed E-state index contributed by atoms with van der Waals surface area (Å²) in [5.41, 5.74) is 2.45. The smallest absolute Gasteiger partial charge is 0.0562 e. The van der Waals surface area contributed by atoms with Crippen LogP contribution in [-0.4, -0.2) is 24.6 Å². The van der Waals surface area contributed by atoms with Gasteiger partial charge >= 0.3 is 0 Å². The van der Waals surface area contributed by atoms with Crippen molar-refractivity contribution < 1.29 is 0 Å². The van der Waals surface area contributed by atoms with Crippen LogP contribution >= 0.6 is 0 Å². The van der Waals surface area contributed by atoms with Gasteiger partial charge in [-0.3, -0.25) is 4.98 Å². The number of pyridine rings is 1. The van der Waals surface area contributed by atoms with Crippen molar-refractivity contribution in [2.45, 2.75) is 51.6 Å². The van der Waals surface area contributed by atoms with E-state index < -0.39 is 0 Å². The molecule has 3 nitrogen and oxygen atoms in total. The molecule has 0 atom stereocenters. The lowest BCUT2D eigenvalue weighted by molar-refractivity contribution is 0.647. The Labute approximate surface area is 111 Å². The van der Waals surface area contributed by atoms with Gasteiger partial charge in [0, 0.05) is 31.5 Å². The highest BCUT2D eigenvalue weighted by molar-refractivity contribution is 5.46. The van der Waals surface area contributed by atoms with Crippen molar-refractivity contribution in [1.82, 2.24) is 10.3 Å². The lowest BCUT2D eigenvalue weighted by Crippen LogP contribution is -2.29. The first-order valence-corrected chi connectivity index (χ1v) is 7.19. The fraction of sp³-hybridized carbons (Fsp3) is 0.667. The van der Waals surface area contributed by atoms with Crippen molar-refractivity contribution in [3.8, 4) is 0 Å². The van der Waals surface area contributed by atoms with E-state index in [1.54, 1.807) is 0 Å². The Morgan fingerprint density at radius 1 is 1.39 bits per heavy atom. The van der Waals surface area contributed by atoms with Crippen molar-refractivity contribution in [3.63, 3.8) is 0 Å². The molecule has 1 saturated carbocycles. The van der Waals surface area contributed by atoms with Gasteiger partial charge in [-0.05, 0) is 37.9 Å². The number of anilines is 1. The van der Waals surface area contributed by atoms with Gasteiger partial charge in [0.25, 0.3) is 0 Å². The van der Waals surface area contributed by atoms with E-state index >= 15 is 0 Å². The van der Waals surface area contributed by atoms with E-state index in [1.165, 1.54) is 37.8 Å². The molecule has 0 amide bonds. The average molecular weight is 247 g/mol. The number of nitrogens with zero attached hydrogens (tertiary/aromatic N) is 2. The Balaban J connectivity index is 1.97. The number of rotatable bonds is 6. The average Bonchev–Trinajstić information content (AvgIpc) is 2.92. The highest BCUT2D eigenvalue weighted by Crippen LogP contribution is 2.26. The molecular weight excluding hydrogens is 222 g/mol. The van der Waals surface area contributed by atoms with Crippen LogP contribution in [0.25, 0.3) is 0 Å². The number of hydrogen-bond acceptors (Lipinski definition) is 3. The van der Waals surface area contributed by atoms with Crippen molar-refractivity contribution in [3.05, 3.63) is 24.0 Å². The normalized spacial score (nSPS) is 16.1. The van der Waals surface area contributed by atoms with Crippen LogP contribution in [-0.2, 0) is 6.54 Å². The zero-order chi connectivity index (χ0) is 12.8. The van der Waals surface area contributed by atoms with E-state index in [-0.39, 0.29) is 0 Å². The molecule has 0 unspecified atom stereocenters. The SMILES string of the molecule is CCCNCc1cc(N(C)C2CCCC2)ccn1. The van der Waals surface area contributed by atoms with Crippen LogP contribution in [0.15, 0.2) is 18.3 Å². The van der Waals surface area contributed by atoms with Gasteiger partial charge in [-0.1, -0.05) is 19.8 Å². The highest BCUT2D eigenvalue weighted by atomic mass is 15.1. The van der Waals surface area contributed by atoms with Crippen LogP contribution in [0, 0.1) is 0 Å². The molecule has 0 bridgehead atoms. The predicted molar refractivity (Wildman–Crippen MR) is 76.9 cm³/mol. The van der Waals surface area contributed by atoms with E-state index in [4.69, 9.17) is 0 Å². The molecule has 18 heavy (non-hydrogen) atoms. The van der Waals surface area contributed by atoms with E-state index in [0.29, 0.717) is 0 Å². The molecule has 3 heteroatoms. The first-order chi connectivity index (χ1) is 8.81. The maximum absolute atomic E-state index is 4.43. The molecule has 1 aromatic heterocycles. The van der Waals surface area contributed by atoms with Gasteiger partial charge in [-0.15, -0.1) is 0 Å². The molecule has 0 aromatic carbocycles.